The smallest absolute Gasteiger partial charge is 0.339 e. The summed E-state index contributed by atoms with van der Waals surface area (Å²) in [5.74, 6) is -0.310. The van der Waals surface area contributed by atoms with Crippen LogP contribution in [0.5, 0.6) is 0 Å². The summed E-state index contributed by atoms with van der Waals surface area (Å²) < 4.78 is 5.30. The van der Waals surface area contributed by atoms with Gasteiger partial charge in [-0.3, -0.25) is 9.59 Å². The second kappa shape index (κ2) is 8.92. The fourth-order valence-electron chi connectivity index (χ4n) is 3.31. The van der Waals surface area contributed by atoms with Gasteiger partial charge in [-0.2, -0.15) is 0 Å². The lowest BCUT2D eigenvalue weighted by Crippen LogP contribution is -2.17. The Kier molecular flexibility index (Phi) is 6.57. The third-order valence-corrected chi connectivity index (χ3v) is 6.64. The minimum atomic E-state index is -0.441. The van der Waals surface area contributed by atoms with Crippen molar-refractivity contribution >= 4 is 46.4 Å². The number of carbonyl (C=O) groups excluding carboxylic acids is 3. The number of carbonyl (C=O) groups is 3. The number of benzene rings is 1. The van der Waals surface area contributed by atoms with E-state index < -0.39 is 5.97 Å². The Labute approximate surface area is 172 Å². The molecule has 5 nitrogen and oxygen atoms in total. The molecule has 0 radical (unpaired) electrons. The fourth-order valence-corrected chi connectivity index (χ4v) is 5.08. The number of esters is 1. The standard InChI is InChI=1S/C21H23NO4S2/c1-12-4-6-15-16(11-28-20(15)8-12)21(25)26-10-18(24)14-5-7-19(27-3)17(9-14)22-13(2)23/h5,7,9,11-12H,4,6,8,10H2,1-3H3,(H,22,23). The van der Waals surface area contributed by atoms with Gasteiger partial charge in [-0.25, -0.2) is 4.79 Å². The summed E-state index contributed by atoms with van der Waals surface area (Å²) in [4.78, 5) is 38.5. The van der Waals surface area contributed by atoms with E-state index in [1.165, 1.54) is 23.6 Å². The maximum Gasteiger partial charge on any atom is 0.339 e. The van der Waals surface area contributed by atoms with Crippen LogP contribution in [-0.2, 0) is 22.4 Å². The van der Waals surface area contributed by atoms with Crippen molar-refractivity contribution in [3.63, 3.8) is 0 Å². The Morgan fingerprint density at radius 2 is 2.11 bits per heavy atom. The number of hydrogen-bond acceptors (Lipinski definition) is 6. The normalized spacial score (nSPS) is 15.6. The summed E-state index contributed by atoms with van der Waals surface area (Å²) in [5.41, 5.74) is 2.66. The third-order valence-electron chi connectivity index (χ3n) is 4.79. The summed E-state index contributed by atoms with van der Waals surface area (Å²) in [6.45, 7) is 3.32. The number of amides is 1. The van der Waals surface area contributed by atoms with Gasteiger partial charge < -0.3 is 10.1 Å². The van der Waals surface area contributed by atoms with Crippen molar-refractivity contribution in [3.8, 4) is 0 Å². The van der Waals surface area contributed by atoms with E-state index in [9.17, 15) is 14.4 Å². The predicted molar refractivity (Wildman–Crippen MR) is 113 cm³/mol. The van der Waals surface area contributed by atoms with E-state index in [1.807, 2.05) is 11.6 Å². The first-order valence-electron chi connectivity index (χ1n) is 9.14. The van der Waals surface area contributed by atoms with Gasteiger partial charge in [-0.15, -0.1) is 23.1 Å². The Hall–Kier alpha value is -2.12. The molecule has 0 saturated carbocycles. The van der Waals surface area contributed by atoms with E-state index >= 15 is 0 Å². The Morgan fingerprint density at radius 1 is 1.32 bits per heavy atom. The minimum absolute atomic E-state index is 0.206. The first-order valence-corrected chi connectivity index (χ1v) is 11.2. The number of anilines is 1. The average Bonchev–Trinajstić information content (AvgIpc) is 3.08. The zero-order valence-corrected chi connectivity index (χ0v) is 17.8. The number of nitrogens with one attached hydrogen (secondary N) is 1. The second-order valence-corrected chi connectivity index (χ2v) is 8.81. The Balaban J connectivity index is 1.67. The summed E-state index contributed by atoms with van der Waals surface area (Å²) in [6.07, 6.45) is 4.84. The van der Waals surface area contributed by atoms with E-state index in [2.05, 4.69) is 12.2 Å². The van der Waals surface area contributed by atoms with Crippen molar-refractivity contribution in [1.29, 1.82) is 0 Å². The van der Waals surface area contributed by atoms with Crippen LogP contribution in [0.15, 0.2) is 28.5 Å². The number of fused-ring (bicyclic) bond motifs is 1. The van der Waals surface area contributed by atoms with Crippen molar-refractivity contribution in [1.82, 2.24) is 0 Å². The molecular formula is C21H23NO4S2. The second-order valence-electron chi connectivity index (χ2n) is 6.99. The van der Waals surface area contributed by atoms with Gasteiger partial charge in [0.15, 0.2) is 12.4 Å². The number of ether oxygens (including phenoxy) is 1. The molecule has 1 amide bonds. The van der Waals surface area contributed by atoms with Gasteiger partial charge in [0, 0.05) is 27.6 Å². The molecule has 28 heavy (non-hydrogen) atoms. The highest BCUT2D eigenvalue weighted by Gasteiger charge is 2.24. The number of hydrogen-bond donors (Lipinski definition) is 1. The maximum absolute atomic E-state index is 12.5. The number of Topliss-reactive ketones (excluding diaryl/α,β-unsaturated/α-hetero) is 1. The van der Waals surface area contributed by atoms with Gasteiger partial charge in [0.1, 0.15) is 0 Å². The number of thiophene rings is 1. The molecule has 1 atom stereocenters. The molecule has 1 aromatic heterocycles. The van der Waals surface area contributed by atoms with Crippen LogP contribution in [0.2, 0.25) is 0 Å². The molecule has 3 rings (SSSR count). The van der Waals surface area contributed by atoms with Crippen LogP contribution in [0.3, 0.4) is 0 Å². The van der Waals surface area contributed by atoms with Crippen LogP contribution in [0.1, 0.15) is 51.4 Å². The van der Waals surface area contributed by atoms with Crippen LogP contribution in [0.25, 0.3) is 0 Å². The molecule has 0 saturated heterocycles. The van der Waals surface area contributed by atoms with Crippen LogP contribution in [0, 0.1) is 5.92 Å². The first-order chi connectivity index (χ1) is 13.4. The van der Waals surface area contributed by atoms with Crippen LogP contribution < -0.4 is 5.32 Å². The molecule has 1 unspecified atom stereocenters. The first kappa shape index (κ1) is 20.6. The number of rotatable bonds is 6. The highest BCUT2D eigenvalue weighted by atomic mass is 32.2. The molecule has 1 heterocycles. The highest BCUT2D eigenvalue weighted by Crippen LogP contribution is 2.33. The van der Waals surface area contributed by atoms with Gasteiger partial charge in [-0.1, -0.05) is 13.0 Å². The van der Waals surface area contributed by atoms with Crippen molar-refractivity contribution in [2.24, 2.45) is 5.92 Å². The maximum atomic E-state index is 12.5. The summed E-state index contributed by atoms with van der Waals surface area (Å²) in [6, 6.07) is 5.08. The van der Waals surface area contributed by atoms with Crippen LogP contribution in [-0.4, -0.2) is 30.5 Å². The monoisotopic (exact) mass is 417 g/mol. The van der Waals surface area contributed by atoms with Crippen molar-refractivity contribution in [2.45, 2.75) is 38.0 Å². The summed E-state index contributed by atoms with van der Waals surface area (Å²) in [7, 11) is 0. The third kappa shape index (κ3) is 4.64. The summed E-state index contributed by atoms with van der Waals surface area (Å²) >= 11 is 3.08. The zero-order chi connectivity index (χ0) is 20.3. The van der Waals surface area contributed by atoms with Gasteiger partial charge in [0.05, 0.1) is 11.3 Å². The van der Waals surface area contributed by atoms with Crippen molar-refractivity contribution in [2.75, 3.05) is 18.2 Å². The molecule has 0 bridgehead atoms. The Bertz CT molecular complexity index is 919. The topological polar surface area (TPSA) is 72.5 Å². The molecule has 0 fully saturated rings. The molecule has 1 aromatic carbocycles. The molecule has 2 aromatic rings. The molecule has 1 aliphatic carbocycles. The van der Waals surface area contributed by atoms with Gasteiger partial charge >= 0.3 is 5.97 Å². The summed E-state index contributed by atoms with van der Waals surface area (Å²) in [5, 5.41) is 4.57. The molecule has 148 valence electrons. The van der Waals surface area contributed by atoms with Crippen LogP contribution >= 0.6 is 23.1 Å². The van der Waals surface area contributed by atoms with Gasteiger partial charge in [0.2, 0.25) is 5.91 Å². The van der Waals surface area contributed by atoms with E-state index in [4.69, 9.17) is 4.74 Å². The SMILES string of the molecule is CSc1ccc(C(=O)COC(=O)c2csc3c2CCC(C)C3)cc1NC(C)=O. The molecule has 0 aliphatic heterocycles. The van der Waals surface area contributed by atoms with Gasteiger partial charge in [-0.05, 0) is 49.1 Å². The van der Waals surface area contributed by atoms with E-state index in [1.54, 1.807) is 29.5 Å². The minimum Gasteiger partial charge on any atom is -0.454 e. The lowest BCUT2D eigenvalue weighted by atomic mass is 9.88. The van der Waals surface area contributed by atoms with Crippen molar-refractivity contribution in [3.05, 3.63) is 45.1 Å². The molecular weight excluding hydrogens is 394 g/mol. The largest absolute Gasteiger partial charge is 0.454 e. The van der Waals surface area contributed by atoms with E-state index in [-0.39, 0.29) is 18.3 Å². The molecule has 0 spiro atoms. The van der Waals surface area contributed by atoms with Crippen molar-refractivity contribution < 1.29 is 19.1 Å². The predicted octanol–water partition coefficient (Wildman–Crippen LogP) is 4.59. The highest BCUT2D eigenvalue weighted by molar-refractivity contribution is 7.98. The number of thioether (sulfide) groups is 1. The molecule has 7 heteroatoms. The quantitative estimate of drug-likeness (QED) is 0.423. The van der Waals surface area contributed by atoms with Crippen LogP contribution in [0.4, 0.5) is 5.69 Å². The van der Waals surface area contributed by atoms with Gasteiger partial charge in [0.25, 0.3) is 0 Å². The lowest BCUT2D eigenvalue weighted by molar-refractivity contribution is -0.114. The number of ketones is 1. The average molecular weight is 418 g/mol. The molecule has 1 aliphatic rings. The fraction of sp³-hybridized carbons (Fsp3) is 0.381. The molecule has 1 N–H and O–H groups in total. The van der Waals surface area contributed by atoms with E-state index in [0.29, 0.717) is 22.7 Å². The van der Waals surface area contributed by atoms with E-state index in [0.717, 1.165) is 29.7 Å². The Morgan fingerprint density at radius 3 is 2.82 bits per heavy atom. The zero-order valence-electron chi connectivity index (χ0n) is 16.2. The lowest BCUT2D eigenvalue weighted by Gasteiger charge is -2.18.